The number of para-hydroxylation sites is 1. The Balaban J connectivity index is 1.96. The second-order valence-electron chi connectivity index (χ2n) is 9.07. The maximum atomic E-state index is 12.4. The average Bonchev–Trinajstić information content (AvgIpc) is 2.57. The van der Waals surface area contributed by atoms with Crippen molar-refractivity contribution >= 4 is 12.2 Å². The fraction of sp³-hybridized carbons (Fsp3) is 0.636. The molecule has 1 fully saturated rings. The van der Waals surface area contributed by atoms with Crippen molar-refractivity contribution in [3.05, 3.63) is 29.8 Å². The van der Waals surface area contributed by atoms with Gasteiger partial charge in [-0.1, -0.05) is 52.3 Å². The van der Waals surface area contributed by atoms with Gasteiger partial charge in [0.15, 0.2) is 0 Å². The first-order chi connectivity index (χ1) is 13.1. The molecule has 156 valence electrons. The minimum absolute atomic E-state index is 0.00848. The van der Waals surface area contributed by atoms with Crippen LogP contribution in [0, 0.1) is 10.8 Å². The number of nitrogens with two attached hydrogens (primary N) is 1. The Labute approximate surface area is 168 Å². The summed E-state index contributed by atoms with van der Waals surface area (Å²) in [7, 11) is 0. The molecule has 1 saturated carbocycles. The number of primary amides is 1. The van der Waals surface area contributed by atoms with Crippen LogP contribution >= 0.6 is 0 Å². The lowest BCUT2D eigenvalue weighted by atomic mass is 9.63. The molecular formula is C22H34N2O4. The van der Waals surface area contributed by atoms with Crippen molar-refractivity contribution in [3.8, 4) is 5.75 Å². The third-order valence-electron chi connectivity index (χ3n) is 5.32. The van der Waals surface area contributed by atoms with Crippen LogP contribution in [-0.4, -0.2) is 24.8 Å². The first kappa shape index (κ1) is 22.1. The van der Waals surface area contributed by atoms with E-state index in [0.717, 1.165) is 37.7 Å². The zero-order chi connectivity index (χ0) is 20.8. The lowest BCUT2D eigenvalue weighted by Gasteiger charge is -2.45. The van der Waals surface area contributed by atoms with Crippen molar-refractivity contribution < 1.29 is 19.1 Å². The van der Waals surface area contributed by atoms with Gasteiger partial charge in [0.25, 0.3) is 0 Å². The highest BCUT2D eigenvalue weighted by Gasteiger charge is 2.42. The highest BCUT2D eigenvalue weighted by atomic mass is 16.6. The summed E-state index contributed by atoms with van der Waals surface area (Å²) < 4.78 is 10.8. The van der Waals surface area contributed by atoms with Crippen LogP contribution in [0.1, 0.15) is 65.4 Å². The molecule has 0 bridgehead atoms. The van der Waals surface area contributed by atoms with Gasteiger partial charge in [0.05, 0.1) is 0 Å². The Kier molecular flexibility index (Phi) is 7.33. The van der Waals surface area contributed by atoms with Crippen molar-refractivity contribution in [1.82, 2.24) is 5.32 Å². The van der Waals surface area contributed by atoms with Crippen LogP contribution in [0.15, 0.2) is 24.3 Å². The molecule has 6 heteroatoms. The molecule has 1 aromatic rings. The number of hydrogen-bond donors (Lipinski definition) is 2. The van der Waals surface area contributed by atoms with Crippen LogP contribution in [0.5, 0.6) is 5.75 Å². The van der Waals surface area contributed by atoms with E-state index in [2.05, 4.69) is 33.0 Å². The van der Waals surface area contributed by atoms with E-state index in [1.54, 1.807) is 0 Å². The van der Waals surface area contributed by atoms with Gasteiger partial charge in [0.1, 0.15) is 11.9 Å². The van der Waals surface area contributed by atoms with Gasteiger partial charge < -0.3 is 20.5 Å². The second kappa shape index (κ2) is 9.30. The molecule has 0 radical (unpaired) electrons. The van der Waals surface area contributed by atoms with E-state index in [9.17, 15) is 9.59 Å². The average molecular weight is 391 g/mol. The summed E-state index contributed by atoms with van der Waals surface area (Å²) in [6.07, 6.45) is 3.91. The van der Waals surface area contributed by atoms with Gasteiger partial charge in [-0.05, 0) is 54.6 Å². The number of ether oxygens (including phenoxy) is 2. The molecule has 1 aliphatic rings. The van der Waals surface area contributed by atoms with Gasteiger partial charge in [-0.3, -0.25) is 0 Å². The molecule has 3 N–H and O–H groups in total. The van der Waals surface area contributed by atoms with Crippen LogP contribution in [0.4, 0.5) is 9.59 Å². The number of benzene rings is 1. The third-order valence-corrected chi connectivity index (χ3v) is 5.32. The molecule has 1 aromatic carbocycles. The maximum absolute atomic E-state index is 12.4. The first-order valence-electron chi connectivity index (χ1n) is 10.1. The number of carbonyl (C=O) groups excluding carboxylic acids is 2. The van der Waals surface area contributed by atoms with E-state index in [1.165, 1.54) is 0 Å². The Morgan fingerprint density at radius 3 is 2.61 bits per heavy atom. The summed E-state index contributed by atoms with van der Waals surface area (Å²) in [6.45, 7) is 8.97. The molecule has 2 atom stereocenters. The molecule has 2 rings (SSSR count). The van der Waals surface area contributed by atoms with E-state index in [-0.39, 0.29) is 16.9 Å². The molecule has 0 saturated heterocycles. The van der Waals surface area contributed by atoms with E-state index in [0.29, 0.717) is 18.7 Å². The van der Waals surface area contributed by atoms with Crippen LogP contribution in [0.3, 0.4) is 0 Å². The van der Waals surface area contributed by atoms with E-state index >= 15 is 0 Å². The van der Waals surface area contributed by atoms with Crippen molar-refractivity contribution in [2.75, 3.05) is 6.54 Å². The van der Waals surface area contributed by atoms with Crippen molar-refractivity contribution in [2.45, 2.75) is 72.3 Å². The smallest absolute Gasteiger partial charge is 0.412 e. The molecular weight excluding hydrogens is 356 g/mol. The number of carbonyl (C=O) groups is 2. The van der Waals surface area contributed by atoms with Gasteiger partial charge in [0, 0.05) is 6.54 Å². The van der Waals surface area contributed by atoms with Gasteiger partial charge in [-0.25, -0.2) is 9.59 Å². The highest BCUT2D eigenvalue weighted by molar-refractivity contribution is 5.70. The van der Waals surface area contributed by atoms with Crippen LogP contribution < -0.4 is 15.8 Å². The van der Waals surface area contributed by atoms with Crippen molar-refractivity contribution in [1.29, 1.82) is 0 Å². The molecule has 0 heterocycles. The topological polar surface area (TPSA) is 90.7 Å². The van der Waals surface area contributed by atoms with Gasteiger partial charge >= 0.3 is 12.2 Å². The monoisotopic (exact) mass is 390 g/mol. The van der Waals surface area contributed by atoms with Crippen LogP contribution in [0.25, 0.3) is 0 Å². The zero-order valence-electron chi connectivity index (χ0n) is 17.5. The number of amides is 2. The van der Waals surface area contributed by atoms with Gasteiger partial charge in [-0.15, -0.1) is 0 Å². The van der Waals surface area contributed by atoms with Crippen LogP contribution in [0.2, 0.25) is 0 Å². The molecule has 1 aliphatic carbocycles. The minimum atomic E-state index is -0.749. The van der Waals surface area contributed by atoms with Crippen LogP contribution in [-0.2, 0) is 11.2 Å². The molecule has 28 heavy (non-hydrogen) atoms. The quantitative estimate of drug-likeness (QED) is 0.700. The minimum Gasteiger partial charge on any atom is -0.446 e. The maximum Gasteiger partial charge on any atom is 0.412 e. The molecule has 2 amide bonds. The highest BCUT2D eigenvalue weighted by Crippen LogP contribution is 2.46. The molecule has 0 aromatic heterocycles. The number of unbranched alkanes of at least 4 members (excludes halogenated alkanes) is 1. The summed E-state index contributed by atoms with van der Waals surface area (Å²) >= 11 is 0. The summed E-state index contributed by atoms with van der Waals surface area (Å²) in [5, 5.41) is 2.90. The standard InChI is InChI=1S/C22H34N2O4/c1-5-6-9-16-10-7-8-11-18(16)28-20(26)24-15-22(4)13-17(27-19(23)25)12-21(2,3)14-22/h7-8,10-11,17H,5-6,9,12-15H2,1-4H3,(H2,23,25)(H,24,26). The summed E-state index contributed by atoms with van der Waals surface area (Å²) in [5.74, 6) is 0.609. The van der Waals surface area contributed by atoms with Crippen molar-refractivity contribution in [3.63, 3.8) is 0 Å². The number of nitrogens with one attached hydrogen (secondary N) is 1. The first-order valence-corrected chi connectivity index (χ1v) is 10.1. The molecule has 0 aliphatic heterocycles. The fourth-order valence-electron chi connectivity index (χ4n) is 4.52. The fourth-order valence-corrected chi connectivity index (χ4v) is 4.52. The third kappa shape index (κ3) is 6.73. The molecule has 6 nitrogen and oxygen atoms in total. The van der Waals surface area contributed by atoms with Crippen molar-refractivity contribution in [2.24, 2.45) is 16.6 Å². The SMILES string of the molecule is CCCCc1ccccc1OC(=O)NCC1(C)CC(OC(N)=O)CC(C)(C)C1. The van der Waals surface area contributed by atoms with Gasteiger partial charge in [0.2, 0.25) is 0 Å². The van der Waals surface area contributed by atoms with E-state index in [4.69, 9.17) is 15.2 Å². The number of hydrogen-bond acceptors (Lipinski definition) is 4. The number of aryl methyl sites for hydroxylation is 1. The van der Waals surface area contributed by atoms with E-state index in [1.807, 2.05) is 24.3 Å². The Morgan fingerprint density at radius 2 is 1.93 bits per heavy atom. The predicted molar refractivity (Wildman–Crippen MR) is 109 cm³/mol. The Morgan fingerprint density at radius 1 is 1.21 bits per heavy atom. The summed E-state index contributed by atoms with van der Waals surface area (Å²) in [6, 6.07) is 7.65. The Bertz CT molecular complexity index is 689. The summed E-state index contributed by atoms with van der Waals surface area (Å²) in [4.78, 5) is 23.6. The van der Waals surface area contributed by atoms with E-state index < -0.39 is 12.2 Å². The lowest BCUT2D eigenvalue weighted by Crippen LogP contribution is -2.47. The Hall–Kier alpha value is -2.24. The normalized spacial score (nSPS) is 23.6. The lowest BCUT2D eigenvalue weighted by molar-refractivity contribution is -0.0163. The zero-order valence-corrected chi connectivity index (χ0v) is 17.5. The molecule has 2 unspecified atom stereocenters. The van der Waals surface area contributed by atoms with Gasteiger partial charge in [-0.2, -0.15) is 0 Å². The second-order valence-corrected chi connectivity index (χ2v) is 9.07. The summed E-state index contributed by atoms with van der Waals surface area (Å²) in [5.41, 5.74) is 6.03. The largest absolute Gasteiger partial charge is 0.446 e. The predicted octanol–water partition coefficient (Wildman–Crippen LogP) is 4.80. The molecule has 0 spiro atoms. The number of rotatable bonds is 7.